The molecule has 0 radical (unpaired) electrons. The minimum Gasteiger partial charge on any atom is -0.426 e. The van der Waals surface area contributed by atoms with Crippen molar-refractivity contribution in [2.45, 2.75) is 117 Å². The van der Waals surface area contributed by atoms with Gasteiger partial charge in [-0.3, -0.25) is 9.69 Å². The van der Waals surface area contributed by atoms with Crippen molar-refractivity contribution in [3.63, 3.8) is 0 Å². The van der Waals surface area contributed by atoms with Crippen LogP contribution in [0.3, 0.4) is 0 Å². The summed E-state index contributed by atoms with van der Waals surface area (Å²) in [6, 6.07) is 11.3. The van der Waals surface area contributed by atoms with Crippen LogP contribution in [-0.4, -0.2) is 30.0 Å². The van der Waals surface area contributed by atoms with E-state index in [1.54, 1.807) is 0 Å². The first kappa shape index (κ1) is 29.9. The van der Waals surface area contributed by atoms with Crippen LogP contribution in [0.25, 0.3) is 0 Å². The Balaban J connectivity index is 1.59. The lowest BCUT2D eigenvalue weighted by Crippen LogP contribution is -2.41. The molecule has 0 spiro atoms. The number of nitrogens with zero attached hydrogens (tertiary/aromatic N) is 1. The third kappa shape index (κ3) is 9.25. The summed E-state index contributed by atoms with van der Waals surface area (Å²) in [5.41, 5.74) is 2.63. The summed E-state index contributed by atoms with van der Waals surface area (Å²) < 4.78 is 6.03. The molecule has 2 aromatic rings. The lowest BCUT2D eigenvalue weighted by atomic mass is 9.80. The first-order valence-corrected chi connectivity index (χ1v) is 16.0. The summed E-state index contributed by atoms with van der Waals surface area (Å²) in [6.45, 7) is 11.4. The molecule has 1 aliphatic carbocycles. The second-order valence-electron chi connectivity index (χ2n) is 11.1. The molecule has 3 nitrogen and oxygen atoms in total. The minimum atomic E-state index is -0.0491. The van der Waals surface area contributed by atoms with Gasteiger partial charge in [0, 0.05) is 23.9 Å². The van der Waals surface area contributed by atoms with Crippen molar-refractivity contribution in [3.8, 4) is 5.75 Å². The van der Waals surface area contributed by atoms with Gasteiger partial charge in [-0.05, 0) is 85.5 Å². The van der Waals surface area contributed by atoms with E-state index in [0.717, 1.165) is 56.9 Å². The maximum absolute atomic E-state index is 13.0. The zero-order chi connectivity index (χ0) is 26.5. The molecular formula is C33H51NO2S. The van der Waals surface area contributed by atoms with E-state index in [2.05, 4.69) is 62.2 Å². The molecule has 1 aromatic carbocycles. The van der Waals surface area contributed by atoms with Crippen molar-refractivity contribution in [2.24, 2.45) is 11.8 Å². The Kier molecular flexibility index (Phi) is 13.2. The third-order valence-electron chi connectivity index (χ3n) is 8.25. The zero-order valence-electron chi connectivity index (χ0n) is 24.0. The van der Waals surface area contributed by atoms with Gasteiger partial charge >= 0.3 is 5.97 Å². The number of benzene rings is 1. The van der Waals surface area contributed by atoms with Crippen molar-refractivity contribution >= 4 is 17.3 Å². The van der Waals surface area contributed by atoms with Gasteiger partial charge < -0.3 is 4.74 Å². The maximum atomic E-state index is 13.0. The van der Waals surface area contributed by atoms with E-state index in [-0.39, 0.29) is 5.97 Å². The van der Waals surface area contributed by atoms with E-state index in [9.17, 15) is 4.79 Å². The largest absolute Gasteiger partial charge is 0.426 e. The highest BCUT2D eigenvalue weighted by Gasteiger charge is 2.27. The average Bonchev–Trinajstić information content (AvgIpc) is 3.42. The second kappa shape index (κ2) is 16.3. The summed E-state index contributed by atoms with van der Waals surface area (Å²) in [5, 5.41) is 2.18. The van der Waals surface area contributed by atoms with Gasteiger partial charge in [0.25, 0.3) is 0 Å². The van der Waals surface area contributed by atoms with Gasteiger partial charge in [0.1, 0.15) is 5.75 Å². The molecule has 0 bridgehead atoms. The van der Waals surface area contributed by atoms with E-state index >= 15 is 0 Å². The quantitative estimate of drug-likeness (QED) is 0.153. The van der Waals surface area contributed by atoms with Crippen molar-refractivity contribution in [1.82, 2.24) is 4.90 Å². The summed E-state index contributed by atoms with van der Waals surface area (Å²) in [7, 11) is 0. The Morgan fingerprint density at radius 1 is 0.946 bits per heavy atom. The van der Waals surface area contributed by atoms with Gasteiger partial charge in [-0.15, -0.1) is 11.3 Å². The lowest BCUT2D eigenvalue weighted by Gasteiger charge is -2.35. The highest BCUT2D eigenvalue weighted by Crippen LogP contribution is 2.34. The first-order valence-electron chi connectivity index (χ1n) is 15.2. The Morgan fingerprint density at radius 3 is 2.32 bits per heavy atom. The molecule has 0 saturated heterocycles. The average molecular weight is 526 g/mol. The monoisotopic (exact) mass is 525 g/mol. The third-order valence-corrected chi connectivity index (χ3v) is 9.19. The SMILES string of the molecule is CCCC(CCC)C(CCC)CCC(=O)Oc1cccc2c1CCC(N(CCC)CCc1cccs1)C2. The molecule has 4 heteroatoms. The number of hydrogen-bond acceptors (Lipinski definition) is 4. The summed E-state index contributed by atoms with van der Waals surface area (Å²) in [6.07, 6.45) is 14.4. The van der Waals surface area contributed by atoms with Gasteiger partial charge in [0.15, 0.2) is 0 Å². The number of hydrogen-bond donors (Lipinski definition) is 0. The van der Waals surface area contributed by atoms with E-state index in [4.69, 9.17) is 4.74 Å². The van der Waals surface area contributed by atoms with Crippen molar-refractivity contribution in [3.05, 3.63) is 51.7 Å². The molecule has 0 aliphatic heterocycles. The predicted octanol–water partition coefficient (Wildman–Crippen LogP) is 8.88. The summed E-state index contributed by atoms with van der Waals surface area (Å²) >= 11 is 1.86. The molecule has 0 N–H and O–H groups in total. The van der Waals surface area contributed by atoms with Crippen LogP contribution < -0.4 is 4.74 Å². The van der Waals surface area contributed by atoms with Gasteiger partial charge in [0.2, 0.25) is 0 Å². The van der Waals surface area contributed by atoms with Gasteiger partial charge in [0.05, 0.1) is 0 Å². The fourth-order valence-electron chi connectivity index (χ4n) is 6.45. The number of carbonyl (C=O) groups excluding carboxylic acids is 1. The molecule has 37 heavy (non-hydrogen) atoms. The maximum Gasteiger partial charge on any atom is 0.311 e. The molecular weight excluding hydrogens is 474 g/mol. The molecule has 1 aliphatic rings. The highest BCUT2D eigenvalue weighted by molar-refractivity contribution is 7.09. The lowest BCUT2D eigenvalue weighted by molar-refractivity contribution is -0.134. The van der Waals surface area contributed by atoms with Crippen molar-refractivity contribution in [2.75, 3.05) is 13.1 Å². The van der Waals surface area contributed by atoms with E-state index in [1.807, 2.05) is 17.4 Å². The Labute approximate surface area is 231 Å². The fraction of sp³-hybridized carbons (Fsp3) is 0.667. The topological polar surface area (TPSA) is 29.5 Å². The van der Waals surface area contributed by atoms with Crippen LogP contribution in [-0.2, 0) is 24.1 Å². The van der Waals surface area contributed by atoms with Crippen LogP contribution in [0.1, 0.15) is 108 Å². The Bertz CT molecular complexity index is 903. The van der Waals surface area contributed by atoms with E-state index in [0.29, 0.717) is 18.4 Å². The number of ether oxygens (including phenoxy) is 1. The van der Waals surface area contributed by atoms with Crippen LogP contribution in [0, 0.1) is 11.8 Å². The first-order chi connectivity index (χ1) is 18.1. The number of esters is 1. The molecule has 2 unspecified atom stereocenters. The summed E-state index contributed by atoms with van der Waals surface area (Å²) in [5.74, 6) is 2.15. The molecule has 0 amide bonds. The van der Waals surface area contributed by atoms with Crippen molar-refractivity contribution < 1.29 is 9.53 Å². The molecule has 1 heterocycles. The standard InChI is InChI=1S/C33H51NO2S/c1-5-11-26(12-6-2)27(13-7-3)17-20-33(35)36-32-16-9-14-28-25-29(18-19-31(28)32)34(22-8-4)23-21-30-15-10-24-37-30/h9-10,14-16,24,26-27,29H,5-8,11-13,17-23,25H2,1-4H3. The Morgan fingerprint density at radius 2 is 1.68 bits per heavy atom. The van der Waals surface area contributed by atoms with E-state index < -0.39 is 0 Å². The van der Waals surface area contributed by atoms with Gasteiger partial charge in [-0.25, -0.2) is 0 Å². The van der Waals surface area contributed by atoms with Crippen LogP contribution >= 0.6 is 11.3 Å². The van der Waals surface area contributed by atoms with Crippen LogP contribution in [0.4, 0.5) is 0 Å². The fourth-order valence-corrected chi connectivity index (χ4v) is 7.15. The molecule has 0 fully saturated rings. The smallest absolute Gasteiger partial charge is 0.311 e. The molecule has 1 aromatic heterocycles. The van der Waals surface area contributed by atoms with Crippen LogP contribution in [0.2, 0.25) is 0 Å². The number of carbonyl (C=O) groups is 1. The normalized spacial score (nSPS) is 16.2. The zero-order valence-corrected chi connectivity index (χ0v) is 24.8. The number of fused-ring (bicyclic) bond motifs is 1. The summed E-state index contributed by atoms with van der Waals surface area (Å²) in [4.78, 5) is 17.1. The van der Waals surface area contributed by atoms with Gasteiger partial charge in [-0.1, -0.05) is 84.4 Å². The van der Waals surface area contributed by atoms with Crippen molar-refractivity contribution in [1.29, 1.82) is 0 Å². The molecule has 0 saturated carbocycles. The van der Waals surface area contributed by atoms with Gasteiger partial charge in [-0.2, -0.15) is 0 Å². The van der Waals surface area contributed by atoms with E-state index in [1.165, 1.54) is 60.9 Å². The predicted molar refractivity (Wildman–Crippen MR) is 159 cm³/mol. The molecule has 2 atom stereocenters. The van der Waals surface area contributed by atoms with Crippen LogP contribution in [0.5, 0.6) is 5.75 Å². The second-order valence-corrected chi connectivity index (χ2v) is 12.1. The molecule has 3 rings (SSSR count). The van der Waals surface area contributed by atoms with Crippen LogP contribution in [0.15, 0.2) is 35.7 Å². The highest BCUT2D eigenvalue weighted by atomic mass is 32.1. The number of thiophene rings is 1. The minimum absolute atomic E-state index is 0.0491. The molecule has 206 valence electrons. The number of rotatable bonds is 17. The Hall–Kier alpha value is -1.65.